The molecule has 0 spiro atoms. The average Bonchev–Trinajstić information content (AvgIpc) is 2.51. The Balaban J connectivity index is 2.19. The number of aryl methyl sites for hydroxylation is 2. The third-order valence-electron chi connectivity index (χ3n) is 3.59. The topological polar surface area (TPSA) is 89.7 Å². The lowest BCUT2D eigenvalue weighted by Gasteiger charge is -2.14. The quantitative estimate of drug-likeness (QED) is 0.497. The van der Waals surface area contributed by atoms with E-state index >= 15 is 0 Å². The number of ether oxygens (including phenoxy) is 1. The predicted octanol–water partition coefficient (Wildman–Crippen LogP) is 3.53. The van der Waals surface area contributed by atoms with Gasteiger partial charge in [-0.25, -0.2) is 0 Å². The van der Waals surface area contributed by atoms with Crippen LogP contribution >= 0.6 is 0 Å². The molecule has 0 aliphatic heterocycles. The summed E-state index contributed by atoms with van der Waals surface area (Å²) < 4.78 is 5.43. The number of carbonyl (C=O) groups is 1. The minimum atomic E-state index is -0.907. The van der Waals surface area contributed by atoms with Gasteiger partial charge in [0.1, 0.15) is 12.7 Å². The second-order valence-corrected chi connectivity index (χ2v) is 5.74. The molecular weight excluding hydrogens is 310 g/mol. The number of nitro groups is 1. The van der Waals surface area contributed by atoms with Crippen molar-refractivity contribution >= 4 is 11.5 Å². The van der Waals surface area contributed by atoms with E-state index in [4.69, 9.17) is 4.74 Å². The summed E-state index contributed by atoms with van der Waals surface area (Å²) in [6, 6.07) is 9.70. The maximum Gasteiger partial charge on any atom is 0.311 e. The van der Waals surface area contributed by atoms with Gasteiger partial charge in [-0.3, -0.25) is 14.9 Å². The Kier molecular flexibility index (Phi) is 5.31. The third kappa shape index (κ3) is 4.17. The van der Waals surface area contributed by atoms with E-state index in [1.54, 1.807) is 0 Å². The SMILES string of the molecule is CC(=O)c1ccc(OCC(O)c2cc(C)cc(C)c2)c([N+](=O)[O-])c1. The summed E-state index contributed by atoms with van der Waals surface area (Å²) in [7, 11) is 0. The number of aliphatic hydroxyl groups is 1. The van der Waals surface area contributed by atoms with Crippen molar-refractivity contribution in [3.8, 4) is 5.75 Å². The zero-order chi connectivity index (χ0) is 17.9. The Morgan fingerprint density at radius 3 is 2.38 bits per heavy atom. The fourth-order valence-electron chi connectivity index (χ4n) is 2.47. The molecule has 24 heavy (non-hydrogen) atoms. The molecule has 0 aliphatic carbocycles. The third-order valence-corrected chi connectivity index (χ3v) is 3.59. The van der Waals surface area contributed by atoms with E-state index in [0.717, 1.165) is 11.1 Å². The summed E-state index contributed by atoms with van der Waals surface area (Å²) in [6.07, 6.45) is -0.907. The molecule has 0 amide bonds. The van der Waals surface area contributed by atoms with E-state index in [9.17, 15) is 20.0 Å². The summed E-state index contributed by atoms with van der Waals surface area (Å²) in [5, 5.41) is 21.4. The highest BCUT2D eigenvalue weighted by Gasteiger charge is 2.19. The molecule has 0 saturated heterocycles. The van der Waals surface area contributed by atoms with Gasteiger partial charge in [0.05, 0.1) is 4.92 Å². The highest BCUT2D eigenvalue weighted by atomic mass is 16.6. The van der Waals surface area contributed by atoms with Crippen molar-refractivity contribution in [1.29, 1.82) is 0 Å². The van der Waals surface area contributed by atoms with Gasteiger partial charge in [-0.2, -0.15) is 0 Å². The van der Waals surface area contributed by atoms with Crippen LogP contribution in [-0.4, -0.2) is 22.4 Å². The Morgan fingerprint density at radius 1 is 1.21 bits per heavy atom. The Hall–Kier alpha value is -2.73. The standard InChI is InChI=1S/C18H19NO5/c1-11-6-12(2)8-15(7-11)17(21)10-24-18-5-4-14(13(3)20)9-16(18)19(22)23/h4-9,17,21H,10H2,1-3H3. The number of benzene rings is 2. The van der Waals surface area contributed by atoms with Crippen LogP contribution in [-0.2, 0) is 0 Å². The minimum Gasteiger partial charge on any atom is -0.484 e. The Bertz CT molecular complexity index is 765. The van der Waals surface area contributed by atoms with Crippen molar-refractivity contribution in [1.82, 2.24) is 0 Å². The second kappa shape index (κ2) is 7.23. The van der Waals surface area contributed by atoms with Crippen LogP contribution in [0.1, 0.15) is 40.1 Å². The van der Waals surface area contributed by atoms with Crippen LogP contribution in [0.2, 0.25) is 0 Å². The summed E-state index contributed by atoms with van der Waals surface area (Å²) in [6.45, 7) is 5.07. The smallest absolute Gasteiger partial charge is 0.311 e. The largest absolute Gasteiger partial charge is 0.484 e. The molecule has 0 saturated carbocycles. The van der Waals surface area contributed by atoms with Crippen LogP contribution in [0, 0.1) is 24.0 Å². The molecule has 0 aliphatic rings. The molecule has 1 atom stereocenters. The van der Waals surface area contributed by atoms with E-state index in [1.165, 1.54) is 25.1 Å². The van der Waals surface area contributed by atoms with Gasteiger partial charge in [-0.15, -0.1) is 0 Å². The molecule has 0 fully saturated rings. The van der Waals surface area contributed by atoms with Crippen LogP contribution in [0.5, 0.6) is 5.75 Å². The summed E-state index contributed by atoms with van der Waals surface area (Å²) in [5.41, 5.74) is 2.66. The van der Waals surface area contributed by atoms with Gasteiger partial charge in [0, 0.05) is 11.6 Å². The van der Waals surface area contributed by atoms with Gasteiger partial charge < -0.3 is 9.84 Å². The zero-order valence-corrected chi connectivity index (χ0v) is 13.8. The molecule has 6 nitrogen and oxygen atoms in total. The maximum absolute atomic E-state index is 11.3. The average molecular weight is 329 g/mol. The van der Waals surface area contributed by atoms with E-state index in [1.807, 2.05) is 32.0 Å². The van der Waals surface area contributed by atoms with Crippen molar-refractivity contribution < 1.29 is 19.6 Å². The molecule has 126 valence electrons. The van der Waals surface area contributed by atoms with Gasteiger partial charge in [0.25, 0.3) is 0 Å². The lowest BCUT2D eigenvalue weighted by atomic mass is 10.0. The Labute approximate surface area is 139 Å². The predicted molar refractivity (Wildman–Crippen MR) is 89.5 cm³/mol. The molecule has 2 rings (SSSR count). The molecule has 0 aromatic heterocycles. The number of carbonyl (C=O) groups excluding carboxylic acids is 1. The highest BCUT2D eigenvalue weighted by molar-refractivity contribution is 5.95. The van der Waals surface area contributed by atoms with Crippen molar-refractivity contribution in [3.05, 3.63) is 68.8 Å². The first-order chi connectivity index (χ1) is 11.3. The van der Waals surface area contributed by atoms with Crippen LogP contribution in [0.15, 0.2) is 36.4 Å². The number of aliphatic hydroxyl groups excluding tert-OH is 1. The zero-order valence-electron chi connectivity index (χ0n) is 13.8. The number of nitro benzene ring substituents is 1. The molecule has 6 heteroatoms. The first-order valence-corrected chi connectivity index (χ1v) is 7.46. The maximum atomic E-state index is 11.3. The molecule has 1 unspecified atom stereocenters. The monoisotopic (exact) mass is 329 g/mol. The molecular formula is C18H19NO5. The molecule has 0 heterocycles. The van der Waals surface area contributed by atoms with Gasteiger partial charge in [0.2, 0.25) is 0 Å². The molecule has 0 radical (unpaired) electrons. The lowest BCUT2D eigenvalue weighted by Crippen LogP contribution is -2.11. The number of nitrogens with zero attached hydrogens (tertiary/aromatic N) is 1. The Morgan fingerprint density at radius 2 is 1.83 bits per heavy atom. The molecule has 2 aromatic carbocycles. The number of ketones is 1. The van der Waals surface area contributed by atoms with E-state index in [2.05, 4.69) is 0 Å². The fourth-order valence-corrected chi connectivity index (χ4v) is 2.47. The van der Waals surface area contributed by atoms with E-state index in [-0.39, 0.29) is 29.4 Å². The molecule has 2 aromatic rings. The fraction of sp³-hybridized carbons (Fsp3) is 0.278. The number of Topliss-reactive ketones (excluding diaryl/α,β-unsaturated/α-hetero) is 1. The number of hydrogen-bond donors (Lipinski definition) is 1. The summed E-state index contributed by atoms with van der Waals surface area (Å²) >= 11 is 0. The second-order valence-electron chi connectivity index (χ2n) is 5.74. The summed E-state index contributed by atoms with van der Waals surface area (Å²) in [5.74, 6) is -0.242. The minimum absolute atomic E-state index is 0.0217. The number of hydrogen-bond acceptors (Lipinski definition) is 5. The first-order valence-electron chi connectivity index (χ1n) is 7.46. The van der Waals surface area contributed by atoms with Crippen molar-refractivity contribution in [2.75, 3.05) is 6.61 Å². The van der Waals surface area contributed by atoms with Crippen molar-refractivity contribution in [2.24, 2.45) is 0 Å². The van der Waals surface area contributed by atoms with E-state index < -0.39 is 11.0 Å². The van der Waals surface area contributed by atoms with E-state index in [0.29, 0.717) is 5.56 Å². The van der Waals surface area contributed by atoms with Gasteiger partial charge in [-0.05, 0) is 38.5 Å². The van der Waals surface area contributed by atoms with Crippen LogP contribution < -0.4 is 4.74 Å². The highest BCUT2D eigenvalue weighted by Crippen LogP contribution is 2.29. The van der Waals surface area contributed by atoms with Gasteiger partial charge in [0.15, 0.2) is 11.5 Å². The summed E-state index contributed by atoms with van der Waals surface area (Å²) in [4.78, 5) is 21.9. The van der Waals surface area contributed by atoms with Crippen molar-refractivity contribution in [3.63, 3.8) is 0 Å². The molecule has 0 bridgehead atoms. The van der Waals surface area contributed by atoms with Gasteiger partial charge in [-0.1, -0.05) is 29.3 Å². The first kappa shape index (κ1) is 17.6. The van der Waals surface area contributed by atoms with Gasteiger partial charge >= 0.3 is 5.69 Å². The number of rotatable bonds is 6. The van der Waals surface area contributed by atoms with Crippen LogP contribution in [0.25, 0.3) is 0 Å². The molecule has 1 N–H and O–H groups in total. The van der Waals surface area contributed by atoms with Crippen molar-refractivity contribution in [2.45, 2.75) is 26.9 Å². The van der Waals surface area contributed by atoms with Crippen LogP contribution in [0.4, 0.5) is 5.69 Å². The lowest BCUT2D eigenvalue weighted by molar-refractivity contribution is -0.386. The normalized spacial score (nSPS) is 11.8. The van der Waals surface area contributed by atoms with Crippen LogP contribution in [0.3, 0.4) is 0 Å².